The number of nitrogens with zero attached hydrogens (tertiary/aromatic N) is 3. The van der Waals surface area contributed by atoms with E-state index < -0.39 is 9.84 Å². The fraction of sp³-hybridized carbons (Fsp3) is 0.529. The van der Waals surface area contributed by atoms with Gasteiger partial charge in [-0.3, -0.25) is 14.1 Å². The van der Waals surface area contributed by atoms with Crippen LogP contribution in [0.15, 0.2) is 29.6 Å². The molecule has 0 aliphatic heterocycles. The van der Waals surface area contributed by atoms with E-state index in [1.165, 1.54) is 4.40 Å². The third-order valence-electron chi connectivity index (χ3n) is 4.04. The van der Waals surface area contributed by atoms with Crippen molar-refractivity contribution in [1.29, 1.82) is 0 Å². The van der Waals surface area contributed by atoms with E-state index in [9.17, 15) is 13.2 Å². The molecule has 0 aromatic carbocycles. The number of nitrogens with one attached hydrogen (secondary N) is 1. The molecule has 0 unspecified atom stereocenters. The SMILES string of the molecule is CC(C)N(CCNC(=O)c1nc(S(C)(=O)=O)n2ccccc12)C(C)C. The molecule has 2 aromatic heterocycles. The number of fused-ring (bicyclic) bond motifs is 1. The van der Waals surface area contributed by atoms with Crippen molar-refractivity contribution in [3.8, 4) is 0 Å². The second kappa shape index (κ2) is 7.53. The summed E-state index contributed by atoms with van der Waals surface area (Å²) in [6.07, 6.45) is 2.67. The Kier molecular flexibility index (Phi) is 5.84. The molecule has 0 atom stereocenters. The molecule has 0 radical (unpaired) electrons. The van der Waals surface area contributed by atoms with Crippen molar-refractivity contribution in [3.63, 3.8) is 0 Å². The first kappa shape index (κ1) is 19.4. The maximum absolute atomic E-state index is 12.5. The Morgan fingerprint density at radius 1 is 1.24 bits per heavy atom. The fourth-order valence-electron chi connectivity index (χ4n) is 2.93. The van der Waals surface area contributed by atoms with Crippen LogP contribution in [0.25, 0.3) is 5.52 Å². The minimum absolute atomic E-state index is 0.126. The monoisotopic (exact) mass is 366 g/mol. The molecule has 0 spiro atoms. The Hall–Kier alpha value is -1.93. The molecular formula is C17H26N4O3S. The number of amides is 1. The van der Waals surface area contributed by atoms with Gasteiger partial charge >= 0.3 is 0 Å². The number of hydrogen-bond donors (Lipinski definition) is 1. The van der Waals surface area contributed by atoms with Crippen molar-refractivity contribution in [2.75, 3.05) is 19.3 Å². The van der Waals surface area contributed by atoms with Gasteiger partial charge in [-0.05, 0) is 39.8 Å². The Morgan fingerprint density at radius 2 is 1.88 bits per heavy atom. The van der Waals surface area contributed by atoms with Gasteiger partial charge in [0, 0.05) is 37.6 Å². The van der Waals surface area contributed by atoms with Crippen LogP contribution in [0.1, 0.15) is 38.2 Å². The lowest BCUT2D eigenvalue weighted by molar-refractivity contribution is 0.0936. The topological polar surface area (TPSA) is 83.8 Å². The molecule has 2 heterocycles. The van der Waals surface area contributed by atoms with E-state index in [2.05, 4.69) is 42.9 Å². The minimum Gasteiger partial charge on any atom is -0.349 e. The number of carbonyl (C=O) groups excluding carboxylic acids is 1. The van der Waals surface area contributed by atoms with Gasteiger partial charge in [0.2, 0.25) is 15.0 Å². The summed E-state index contributed by atoms with van der Waals surface area (Å²) in [4.78, 5) is 18.9. The average molecular weight is 366 g/mol. The molecule has 8 heteroatoms. The van der Waals surface area contributed by atoms with Gasteiger partial charge in [-0.1, -0.05) is 6.07 Å². The predicted molar refractivity (Wildman–Crippen MR) is 97.6 cm³/mol. The zero-order valence-electron chi connectivity index (χ0n) is 15.4. The Bertz CT molecular complexity index is 848. The van der Waals surface area contributed by atoms with Gasteiger partial charge < -0.3 is 5.32 Å². The molecule has 1 amide bonds. The summed E-state index contributed by atoms with van der Waals surface area (Å²) in [5.74, 6) is -0.369. The molecule has 0 aliphatic carbocycles. The van der Waals surface area contributed by atoms with E-state index >= 15 is 0 Å². The molecule has 7 nitrogen and oxygen atoms in total. The zero-order chi connectivity index (χ0) is 18.8. The maximum Gasteiger partial charge on any atom is 0.272 e. The van der Waals surface area contributed by atoms with Crippen molar-refractivity contribution >= 4 is 21.3 Å². The minimum atomic E-state index is -3.53. The maximum atomic E-state index is 12.5. The highest BCUT2D eigenvalue weighted by molar-refractivity contribution is 7.90. The molecule has 2 aromatic rings. The van der Waals surface area contributed by atoms with E-state index in [4.69, 9.17) is 0 Å². The van der Waals surface area contributed by atoms with E-state index in [0.29, 0.717) is 30.7 Å². The van der Waals surface area contributed by atoms with Crippen molar-refractivity contribution in [2.45, 2.75) is 44.9 Å². The van der Waals surface area contributed by atoms with Gasteiger partial charge in [-0.15, -0.1) is 0 Å². The number of pyridine rings is 1. The molecule has 0 fully saturated rings. The van der Waals surface area contributed by atoms with Gasteiger partial charge in [0.15, 0.2) is 5.69 Å². The van der Waals surface area contributed by atoms with Crippen LogP contribution < -0.4 is 5.32 Å². The van der Waals surface area contributed by atoms with Crippen LogP contribution in [0.4, 0.5) is 0 Å². The van der Waals surface area contributed by atoms with Crippen molar-refractivity contribution < 1.29 is 13.2 Å². The summed E-state index contributed by atoms with van der Waals surface area (Å²) in [5, 5.41) is 2.72. The molecule has 0 saturated heterocycles. The van der Waals surface area contributed by atoms with Crippen LogP contribution in [0.2, 0.25) is 0 Å². The van der Waals surface area contributed by atoms with Crippen LogP contribution in [-0.4, -0.2) is 60.0 Å². The van der Waals surface area contributed by atoms with E-state index in [0.717, 1.165) is 6.26 Å². The van der Waals surface area contributed by atoms with Gasteiger partial charge in [-0.25, -0.2) is 13.4 Å². The number of rotatable bonds is 7. The Labute approximate surface area is 149 Å². The average Bonchev–Trinajstić information content (AvgIpc) is 2.90. The fourth-order valence-corrected chi connectivity index (χ4v) is 3.71. The first-order chi connectivity index (χ1) is 11.6. The lowest BCUT2D eigenvalue weighted by atomic mass is 10.2. The number of sulfone groups is 1. The summed E-state index contributed by atoms with van der Waals surface area (Å²) >= 11 is 0. The summed E-state index contributed by atoms with van der Waals surface area (Å²) in [7, 11) is -3.53. The molecule has 0 bridgehead atoms. The van der Waals surface area contributed by atoms with Gasteiger partial charge in [-0.2, -0.15) is 0 Å². The largest absolute Gasteiger partial charge is 0.349 e. The molecule has 0 aliphatic rings. The summed E-state index contributed by atoms with van der Waals surface area (Å²) in [5.41, 5.74) is 0.603. The molecular weight excluding hydrogens is 340 g/mol. The third-order valence-corrected chi connectivity index (χ3v) is 5.00. The van der Waals surface area contributed by atoms with Crippen LogP contribution in [0.3, 0.4) is 0 Å². The Balaban J connectivity index is 2.20. The first-order valence-electron chi connectivity index (χ1n) is 8.34. The van der Waals surface area contributed by atoms with Gasteiger partial charge in [0.05, 0.1) is 5.52 Å². The summed E-state index contributed by atoms with van der Waals surface area (Å²) in [6, 6.07) is 5.89. The standard InChI is InChI=1S/C17H26N4O3S/c1-12(2)20(13(3)4)11-9-18-16(22)15-14-8-6-7-10-21(14)17(19-15)25(5,23)24/h6-8,10,12-13H,9,11H2,1-5H3,(H,18,22). The van der Waals surface area contributed by atoms with Crippen LogP contribution >= 0.6 is 0 Å². The third kappa shape index (κ3) is 4.38. The van der Waals surface area contributed by atoms with Gasteiger partial charge in [0.25, 0.3) is 5.91 Å². The van der Waals surface area contributed by atoms with E-state index in [-0.39, 0.29) is 16.8 Å². The number of hydrogen-bond acceptors (Lipinski definition) is 5. The second-order valence-electron chi connectivity index (χ2n) is 6.65. The molecule has 0 saturated carbocycles. The summed E-state index contributed by atoms with van der Waals surface area (Å²) in [6.45, 7) is 9.64. The first-order valence-corrected chi connectivity index (χ1v) is 10.2. The van der Waals surface area contributed by atoms with Crippen LogP contribution in [-0.2, 0) is 9.84 Å². The highest BCUT2D eigenvalue weighted by Gasteiger charge is 2.22. The number of carbonyl (C=O) groups is 1. The Morgan fingerprint density at radius 3 is 2.44 bits per heavy atom. The van der Waals surface area contributed by atoms with Crippen molar-refractivity contribution in [3.05, 3.63) is 30.1 Å². The van der Waals surface area contributed by atoms with Crippen LogP contribution in [0.5, 0.6) is 0 Å². The molecule has 1 N–H and O–H groups in total. The van der Waals surface area contributed by atoms with Crippen molar-refractivity contribution in [1.82, 2.24) is 19.6 Å². The van der Waals surface area contributed by atoms with Crippen molar-refractivity contribution in [2.24, 2.45) is 0 Å². The lowest BCUT2D eigenvalue weighted by Crippen LogP contribution is -2.42. The number of aromatic nitrogens is 2. The smallest absolute Gasteiger partial charge is 0.272 e. The van der Waals surface area contributed by atoms with Gasteiger partial charge in [0.1, 0.15) is 0 Å². The molecule has 138 valence electrons. The quantitative estimate of drug-likeness (QED) is 0.804. The predicted octanol–water partition coefficient (Wildman–Crippen LogP) is 1.59. The summed E-state index contributed by atoms with van der Waals surface area (Å²) < 4.78 is 25.3. The zero-order valence-corrected chi connectivity index (χ0v) is 16.2. The van der Waals surface area contributed by atoms with E-state index in [1.54, 1.807) is 24.4 Å². The normalized spacial score (nSPS) is 12.5. The lowest BCUT2D eigenvalue weighted by Gasteiger charge is -2.30. The van der Waals surface area contributed by atoms with E-state index in [1.807, 2.05) is 0 Å². The van der Waals surface area contributed by atoms with Crippen LogP contribution in [0, 0.1) is 0 Å². The molecule has 25 heavy (non-hydrogen) atoms. The highest BCUT2D eigenvalue weighted by Crippen LogP contribution is 2.16. The second-order valence-corrected chi connectivity index (χ2v) is 8.56. The number of imidazole rings is 1. The molecule has 2 rings (SSSR count). The highest BCUT2D eigenvalue weighted by atomic mass is 32.2.